The third-order valence-electron chi connectivity index (χ3n) is 5.17. The average molecular weight is 383 g/mol. The molecule has 11 atom stereocenters. The molecule has 0 bridgehead atoms. The van der Waals surface area contributed by atoms with Gasteiger partial charge in [0.1, 0.15) is 24.4 Å². The molecule has 9 nitrogen and oxygen atoms in total. The van der Waals surface area contributed by atoms with Crippen LogP contribution in [0.1, 0.15) is 6.92 Å². The lowest BCUT2D eigenvalue weighted by Crippen LogP contribution is -2.60. The van der Waals surface area contributed by atoms with Gasteiger partial charge in [-0.25, -0.2) is 0 Å². The Kier molecular flexibility index (Phi) is 5.60. The van der Waals surface area contributed by atoms with Gasteiger partial charge in [-0.2, -0.15) is 0 Å². The molecule has 144 valence electrons. The smallest absolute Gasteiger partial charge is 0.207 e. The van der Waals surface area contributed by atoms with Gasteiger partial charge >= 0.3 is 0 Å². The number of alkyl halides is 1. The lowest BCUT2D eigenvalue weighted by molar-refractivity contribution is -0.343. The van der Waals surface area contributed by atoms with Crippen LogP contribution in [0.2, 0.25) is 0 Å². The molecule has 0 unspecified atom stereocenters. The molecule has 0 spiro atoms. The van der Waals surface area contributed by atoms with Crippen LogP contribution in [0.25, 0.3) is 0 Å². The molecule has 0 amide bonds. The maximum atomic E-state index is 10.3. The highest BCUT2D eigenvalue weighted by Crippen LogP contribution is 2.46. The Morgan fingerprint density at radius 3 is 2.32 bits per heavy atom. The summed E-state index contributed by atoms with van der Waals surface area (Å²) in [5.74, 6) is -1.21. The summed E-state index contributed by atoms with van der Waals surface area (Å²) in [6.07, 6.45) is -9.08. The zero-order chi connectivity index (χ0) is 18.5. The van der Waals surface area contributed by atoms with Crippen molar-refractivity contribution in [1.29, 1.82) is 0 Å². The van der Waals surface area contributed by atoms with E-state index < -0.39 is 73.0 Å². The van der Waals surface area contributed by atoms with E-state index in [2.05, 4.69) is 0 Å². The first-order chi connectivity index (χ1) is 11.8. The van der Waals surface area contributed by atoms with Crippen molar-refractivity contribution < 1.29 is 44.8 Å². The minimum absolute atomic E-state index is 0.499. The van der Waals surface area contributed by atoms with Crippen LogP contribution in [0.4, 0.5) is 0 Å². The standard InChI is InChI=1S/C15H23ClO9/c1-4-3-23-14(7-6(4)10(19)8(16)11(7)20)25-15-13(22)12(21)9(18)5(2-17)24-15/h3,5-15,17-22H,2H2,1H3/t5-,6-,7+,8-,9-,10+,11-,12-,13+,14+,15-/m1/s1. The fraction of sp³-hybridized carbons (Fsp3) is 0.867. The number of rotatable bonds is 3. The molecule has 1 saturated heterocycles. The summed E-state index contributed by atoms with van der Waals surface area (Å²) < 4.78 is 16.3. The van der Waals surface area contributed by atoms with Gasteiger partial charge in [-0.3, -0.25) is 0 Å². The molecule has 1 aliphatic carbocycles. The van der Waals surface area contributed by atoms with Crippen LogP contribution >= 0.6 is 11.6 Å². The normalized spacial score (nSPS) is 53.1. The lowest BCUT2D eigenvalue weighted by atomic mass is 9.86. The maximum Gasteiger partial charge on any atom is 0.207 e. The summed E-state index contributed by atoms with van der Waals surface area (Å²) in [5, 5.41) is 58.6. The quantitative estimate of drug-likeness (QED) is 0.295. The number of ether oxygens (including phenoxy) is 3. The number of aliphatic hydroxyl groups is 6. The topological polar surface area (TPSA) is 149 Å². The molecule has 1 saturated carbocycles. The summed E-state index contributed by atoms with van der Waals surface area (Å²) in [6, 6.07) is 0. The van der Waals surface area contributed by atoms with E-state index in [-0.39, 0.29) is 0 Å². The van der Waals surface area contributed by atoms with Crippen LogP contribution in [-0.4, -0.2) is 91.8 Å². The van der Waals surface area contributed by atoms with E-state index in [0.717, 1.165) is 0 Å². The third-order valence-corrected chi connectivity index (χ3v) is 5.69. The molecular weight excluding hydrogens is 360 g/mol. The second-order valence-corrected chi connectivity index (χ2v) is 7.23. The van der Waals surface area contributed by atoms with Gasteiger partial charge in [0.25, 0.3) is 0 Å². The molecule has 0 radical (unpaired) electrons. The van der Waals surface area contributed by atoms with Crippen molar-refractivity contribution in [2.45, 2.75) is 61.5 Å². The Bertz CT molecular complexity index is 515. The molecule has 2 heterocycles. The average Bonchev–Trinajstić information content (AvgIpc) is 2.83. The van der Waals surface area contributed by atoms with Crippen molar-refractivity contribution in [1.82, 2.24) is 0 Å². The molecule has 6 N–H and O–H groups in total. The van der Waals surface area contributed by atoms with Crippen molar-refractivity contribution >= 4 is 11.6 Å². The molecular formula is C15H23ClO9. The molecule has 2 aliphatic heterocycles. The molecule has 0 aromatic rings. The predicted molar refractivity (Wildman–Crippen MR) is 82.1 cm³/mol. The number of hydrogen-bond acceptors (Lipinski definition) is 9. The van der Waals surface area contributed by atoms with Gasteiger partial charge in [0, 0.05) is 5.92 Å². The number of fused-ring (bicyclic) bond motifs is 1. The predicted octanol–water partition coefficient (Wildman–Crippen LogP) is -2.36. The van der Waals surface area contributed by atoms with Crippen molar-refractivity contribution in [2.75, 3.05) is 6.61 Å². The van der Waals surface area contributed by atoms with Crippen LogP contribution in [0, 0.1) is 11.8 Å². The first-order valence-electron chi connectivity index (χ1n) is 8.06. The van der Waals surface area contributed by atoms with E-state index in [4.69, 9.17) is 25.8 Å². The van der Waals surface area contributed by atoms with E-state index >= 15 is 0 Å². The third kappa shape index (κ3) is 3.18. The summed E-state index contributed by atoms with van der Waals surface area (Å²) >= 11 is 6.05. The van der Waals surface area contributed by atoms with Crippen molar-refractivity contribution in [3.8, 4) is 0 Å². The fourth-order valence-corrected chi connectivity index (χ4v) is 4.06. The Morgan fingerprint density at radius 1 is 1.00 bits per heavy atom. The zero-order valence-corrected chi connectivity index (χ0v) is 14.2. The fourth-order valence-electron chi connectivity index (χ4n) is 3.73. The Balaban J connectivity index is 1.78. The molecule has 3 rings (SSSR count). The van der Waals surface area contributed by atoms with Crippen LogP contribution in [0.5, 0.6) is 0 Å². The molecule has 2 fully saturated rings. The number of halogens is 1. The summed E-state index contributed by atoms with van der Waals surface area (Å²) in [6.45, 7) is 1.14. The minimum atomic E-state index is -1.60. The van der Waals surface area contributed by atoms with Gasteiger partial charge in [0.15, 0.2) is 6.29 Å². The SMILES string of the molecule is CC1=CO[C@@H](O[C@H]2O[C@H](CO)[C@@H](O)[C@@H](O)[C@@H]2O)[C@@H]2[C@@H](O)[C@H](Cl)[C@@H](O)[C@H]12. The molecule has 25 heavy (non-hydrogen) atoms. The van der Waals surface area contributed by atoms with E-state index in [1.807, 2.05) is 0 Å². The number of aliphatic hydroxyl groups excluding tert-OH is 6. The lowest BCUT2D eigenvalue weighted by Gasteiger charge is -2.43. The Labute approximate surface area is 149 Å². The van der Waals surface area contributed by atoms with Crippen molar-refractivity contribution in [3.05, 3.63) is 11.8 Å². The highest BCUT2D eigenvalue weighted by molar-refractivity contribution is 6.21. The first-order valence-corrected chi connectivity index (χ1v) is 8.50. The van der Waals surface area contributed by atoms with Gasteiger partial charge < -0.3 is 44.8 Å². The molecule has 0 aromatic carbocycles. The van der Waals surface area contributed by atoms with E-state index in [0.29, 0.717) is 5.57 Å². The zero-order valence-electron chi connectivity index (χ0n) is 13.4. The van der Waals surface area contributed by atoms with Gasteiger partial charge in [-0.1, -0.05) is 0 Å². The van der Waals surface area contributed by atoms with E-state index in [9.17, 15) is 30.6 Å². The van der Waals surface area contributed by atoms with Gasteiger partial charge in [-0.05, 0) is 12.5 Å². The monoisotopic (exact) mass is 382 g/mol. The largest absolute Gasteiger partial charge is 0.472 e. The number of hydrogen-bond donors (Lipinski definition) is 6. The first kappa shape index (κ1) is 19.3. The summed E-state index contributed by atoms with van der Waals surface area (Å²) in [5.41, 5.74) is 0.688. The Morgan fingerprint density at radius 2 is 1.68 bits per heavy atom. The summed E-state index contributed by atoms with van der Waals surface area (Å²) in [4.78, 5) is 0. The second-order valence-electron chi connectivity index (χ2n) is 6.73. The van der Waals surface area contributed by atoms with Crippen molar-refractivity contribution in [2.24, 2.45) is 11.8 Å². The maximum absolute atomic E-state index is 10.3. The highest BCUT2D eigenvalue weighted by Gasteiger charge is 2.56. The van der Waals surface area contributed by atoms with Crippen LogP contribution in [0.15, 0.2) is 11.8 Å². The molecule has 0 aromatic heterocycles. The molecule has 3 aliphatic rings. The van der Waals surface area contributed by atoms with Crippen molar-refractivity contribution in [3.63, 3.8) is 0 Å². The van der Waals surface area contributed by atoms with Gasteiger partial charge in [0.05, 0.1) is 36.4 Å². The van der Waals surface area contributed by atoms with Gasteiger partial charge in [-0.15, -0.1) is 11.6 Å². The van der Waals surface area contributed by atoms with E-state index in [1.165, 1.54) is 6.26 Å². The van der Waals surface area contributed by atoms with Crippen LogP contribution in [0.3, 0.4) is 0 Å². The summed E-state index contributed by atoms with van der Waals surface area (Å²) in [7, 11) is 0. The minimum Gasteiger partial charge on any atom is -0.472 e. The van der Waals surface area contributed by atoms with E-state index in [1.54, 1.807) is 6.92 Å². The van der Waals surface area contributed by atoms with Crippen LogP contribution < -0.4 is 0 Å². The highest BCUT2D eigenvalue weighted by atomic mass is 35.5. The second kappa shape index (κ2) is 7.26. The van der Waals surface area contributed by atoms with Gasteiger partial charge in [0.2, 0.25) is 6.29 Å². The Hall–Kier alpha value is -0.490. The van der Waals surface area contributed by atoms with Crippen LogP contribution in [-0.2, 0) is 14.2 Å². The molecule has 10 heteroatoms.